The van der Waals surface area contributed by atoms with E-state index in [1.54, 1.807) is 31.6 Å². The number of hydrogen-bond acceptors (Lipinski definition) is 7. The molecule has 0 aliphatic carbocycles. The van der Waals surface area contributed by atoms with E-state index in [0.29, 0.717) is 46.3 Å². The third-order valence-corrected chi connectivity index (χ3v) is 7.38. The summed E-state index contributed by atoms with van der Waals surface area (Å²) in [5.74, 6) is 0.239. The maximum atomic E-state index is 12.8. The number of ether oxygens (including phenoxy) is 2. The fourth-order valence-corrected chi connectivity index (χ4v) is 5.00. The van der Waals surface area contributed by atoms with Crippen LogP contribution in [0.3, 0.4) is 0 Å². The van der Waals surface area contributed by atoms with Gasteiger partial charge in [-0.05, 0) is 62.1 Å². The molecule has 5 rings (SSSR count). The van der Waals surface area contributed by atoms with E-state index in [1.807, 2.05) is 43.3 Å². The lowest BCUT2D eigenvalue weighted by Crippen LogP contribution is -2.34. The van der Waals surface area contributed by atoms with Gasteiger partial charge in [-0.1, -0.05) is 35.9 Å². The number of amides is 1. The molecule has 40 heavy (non-hydrogen) atoms. The average molecular weight is 557 g/mol. The van der Waals surface area contributed by atoms with Crippen molar-refractivity contribution >= 4 is 23.2 Å². The Morgan fingerprint density at radius 1 is 1.10 bits per heavy atom. The Morgan fingerprint density at radius 2 is 1.93 bits per heavy atom. The maximum Gasteiger partial charge on any atom is 0.274 e. The third-order valence-electron chi connectivity index (χ3n) is 6.99. The van der Waals surface area contributed by atoms with Crippen LogP contribution in [0.15, 0.2) is 60.9 Å². The molecule has 0 bridgehead atoms. The minimum Gasteiger partial charge on any atom is -0.481 e. The second-order valence-electron chi connectivity index (χ2n) is 9.64. The second-order valence-corrected chi connectivity index (χ2v) is 10.0. The summed E-state index contributed by atoms with van der Waals surface area (Å²) in [7, 11) is 1.62. The molecule has 1 fully saturated rings. The summed E-state index contributed by atoms with van der Waals surface area (Å²) in [4.78, 5) is 26.3. The van der Waals surface area contributed by atoms with Gasteiger partial charge in [0.2, 0.25) is 5.88 Å². The number of anilines is 1. The summed E-state index contributed by atoms with van der Waals surface area (Å²) in [6.07, 6.45) is 5.26. The maximum absolute atomic E-state index is 12.8. The van der Waals surface area contributed by atoms with E-state index in [1.165, 1.54) is 0 Å². The number of carbonyl (C=O) groups excluding carboxylic acids is 1. The Bertz CT molecular complexity index is 1500. The summed E-state index contributed by atoms with van der Waals surface area (Å²) in [6.45, 7) is 7.95. The molecule has 4 heterocycles. The Labute approximate surface area is 239 Å². The number of nitrogens with one attached hydrogen (secondary N) is 2. The highest BCUT2D eigenvalue weighted by molar-refractivity contribution is 6.35. The van der Waals surface area contributed by atoms with Crippen molar-refractivity contribution in [3.05, 3.63) is 95.3 Å². The number of halogens is 1. The number of benzene rings is 1. The minimum absolute atomic E-state index is 0.307. The smallest absolute Gasteiger partial charge is 0.274 e. The highest BCUT2D eigenvalue weighted by atomic mass is 35.5. The summed E-state index contributed by atoms with van der Waals surface area (Å²) in [5.41, 5.74) is 6.31. The number of methoxy groups -OCH3 is 1. The zero-order valence-corrected chi connectivity index (χ0v) is 23.3. The van der Waals surface area contributed by atoms with Gasteiger partial charge >= 0.3 is 0 Å². The van der Waals surface area contributed by atoms with E-state index in [0.717, 1.165) is 53.9 Å². The molecule has 1 saturated heterocycles. The second kappa shape index (κ2) is 12.6. The van der Waals surface area contributed by atoms with Gasteiger partial charge in [-0.3, -0.25) is 14.8 Å². The molecule has 0 atom stereocenters. The zero-order chi connectivity index (χ0) is 28.1. The first-order chi connectivity index (χ1) is 19.4. The molecule has 0 unspecified atom stereocenters. The molecule has 1 aliphatic heterocycles. The van der Waals surface area contributed by atoms with Gasteiger partial charge in [-0.2, -0.15) is 0 Å². The lowest BCUT2D eigenvalue weighted by atomic mass is 10.0. The highest BCUT2D eigenvalue weighted by Crippen LogP contribution is 2.38. The summed E-state index contributed by atoms with van der Waals surface area (Å²) < 4.78 is 11.1. The van der Waals surface area contributed by atoms with Crippen LogP contribution in [0, 0.1) is 13.8 Å². The molecule has 2 N–H and O–H groups in total. The van der Waals surface area contributed by atoms with Crippen molar-refractivity contribution in [1.82, 2.24) is 20.3 Å². The lowest BCUT2D eigenvalue weighted by Gasteiger charge is -2.23. The van der Waals surface area contributed by atoms with Crippen molar-refractivity contribution in [3.8, 4) is 28.4 Å². The van der Waals surface area contributed by atoms with E-state index in [4.69, 9.17) is 26.1 Å². The van der Waals surface area contributed by atoms with Crippen LogP contribution in [0.2, 0.25) is 5.02 Å². The van der Waals surface area contributed by atoms with Crippen LogP contribution < -0.4 is 15.4 Å². The van der Waals surface area contributed by atoms with Crippen molar-refractivity contribution in [1.29, 1.82) is 0 Å². The van der Waals surface area contributed by atoms with Crippen LogP contribution in [0.4, 0.5) is 5.69 Å². The first kappa shape index (κ1) is 27.7. The fourth-order valence-electron chi connectivity index (χ4n) is 4.69. The van der Waals surface area contributed by atoms with Crippen LogP contribution in [0.25, 0.3) is 22.5 Å². The van der Waals surface area contributed by atoms with E-state index >= 15 is 0 Å². The molecule has 0 spiro atoms. The quantitative estimate of drug-likeness (QED) is 0.280. The first-order valence-electron chi connectivity index (χ1n) is 13.1. The number of carbonyl (C=O) groups is 1. The molecule has 1 radical (unpaired) electrons. The third kappa shape index (κ3) is 6.14. The predicted octanol–water partition coefficient (Wildman–Crippen LogP) is 5.88. The number of aromatic nitrogens is 3. The Kier molecular flexibility index (Phi) is 8.69. The molecule has 4 aromatic rings. The minimum atomic E-state index is -0.309. The van der Waals surface area contributed by atoms with Crippen LogP contribution in [0.1, 0.15) is 40.0 Å². The number of rotatable bonds is 8. The van der Waals surface area contributed by atoms with Gasteiger partial charge < -0.3 is 20.1 Å². The van der Waals surface area contributed by atoms with Gasteiger partial charge in [-0.25, -0.2) is 4.98 Å². The van der Waals surface area contributed by atoms with Crippen LogP contribution in [-0.2, 0) is 11.3 Å². The van der Waals surface area contributed by atoms with Gasteiger partial charge in [0.1, 0.15) is 5.69 Å². The number of nitrogens with zero attached hydrogens (tertiary/aromatic N) is 3. The van der Waals surface area contributed by atoms with Gasteiger partial charge in [0, 0.05) is 60.6 Å². The van der Waals surface area contributed by atoms with E-state index in [9.17, 15) is 4.79 Å². The average Bonchev–Trinajstić information content (AvgIpc) is 2.98. The van der Waals surface area contributed by atoms with Crippen LogP contribution in [-0.4, -0.2) is 47.2 Å². The zero-order valence-electron chi connectivity index (χ0n) is 22.5. The Morgan fingerprint density at radius 3 is 2.67 bits per heavy atom. The number of hydrogen-bond donors (Lipinski definition) is 2. The van der Waals surface area contributed by atoms with Crippen molar-refractivity contribution in [2.24, 2.45) is 0 Å². The van der Waals surface area contributed by atoms with Crippen molar-refractivity contribution in [2.45, 2.75) is 32.4 Å². The van der Waals surface area contributed by atoms with E-state index in [-0.39, 0.29) is 5.91 Å². The van der Waals surface area contributed by atoms with Gasteiger partial charge in [-0.15, -0.1) is 0 Å². The monoisotopic (exact) mass is 556 g/mol. The predicted molar refractivity (Wildman–Crippen MR) is 157 cm³/mol. The summed E-state index contributed by atoms with van der Waals surface area (Å²) in [6, 6.07) is 15.2. The van der Waals surface area contributed by atoms with E-state index in [2.05, 4.69) is 27.5 Å². The topological polar surface area (TPSA) is 98.3 Å². The Balaban J connectivity index is 1.40. The molecular formula is C31H31ClN5O3. The molecule has 1 amide bonds. The fraction of sp³-hybridized carbons (Fsp3) is 0.258. The van der Waals surface area contributed by atoms with Gasteiger partial charge in [0.25, 0.3) is 5.91 Å². The van der Waals surface area contributed by atoms with Crippen molar-refractivity contribution in [3.63, 3.8) is 0 Å². The highest BCUT2D eigenvalue weighted by Gasteiger charge is 2.19. The summed E-state index contributed by atoms with van der Waals surface area (Å²) >= 11 is 6.95. The van der Waals surface area contributed by atoms with Crippen molar-refractivity contribution < 1.29 is 14.3 Å². The standard InChI is InChI=1S/C31H31ClN5O3/c1-19-7-9-27(35-17-19)30(38)36-25-6-4-5-23(20(25)2)29-28(32)24(11-14-33-29)26-10-8-21(31(37-26)39-3)18-34-22-12-15-40-16-13-22/h4-11,14,17,22,34H,1,12-13,15-16,18H2,2-3H3,(H,36,38). The van der Waals surface area contributed by atoms with Crippen LogP contribution in [0.5, 0.6) is 5.88 Å². The van der Waals surface area contributed by atoms with Crippen LogP contribution >= 0.6 is 11.6 Å². The molecule has 1 aliphatic rings. The van der Waals surface area contributed by atoms with E-state index < -0.39 is 0 Å². The first-order valence-corrected chi connectivity index (χ1v) is 13.5. The normalized spacial score (nSPS) is 13.7. The molecule has 9 heteroatoms. The SMILES string of the molecule is [CH2]c1ccc(C(=O)Nc2cccc(-c3nccc(-c4ccc(CNC5CCOCC5)c(OC)n4)c3Cl)c2C)nc1. The summed E-state index contributed by atoms with van der Waals surface area (Å²) in [5, 5.41) is 6.99. The van der Waals surface area contributed by atoms with Gasteiger partial charge in [0.05, 0.1) is 23.5 Å². The number of pyridine rings is 3. The molecule has 8 nitrogen and oxygen atoms in total. The Hall–Kier alpha value is -3.85. The molecule has 0 saturated carbocycles. The molecular weight excluding hydrogens is 526 g/mol. The van der Waals surface area contributed by atoms with Crippen molar-refractivity contribution in [2.75, 3.05) is 25.6 Å². The largest absolute Gasteiger partial charge is 0.481 e. The van der Waals surface area contributed by atoms with Gasteiger partial charge in [0.15, 0.2) is 0 Å². The molecule has 1 aromatic carbocycles. The lowest BCUT2D eigenvalue weighted by molar-refractivity contribution is 0.0775. The molecule has 205 valence electrons. The molecule has 3 aromatic heterocycles.